The molecule has 2 aromatic heterocycles. The number of hydrogen-bond donors (Lipinski definition) is 1. The molecule has 7 heteroatoms. The Morgan fingerprint density at radius 2 is 2.22 bits per heavy atom. The van der Waals surface area contributed by atoms with E-state index in [1.165, 1.54) is 0 Å². The molecule has 2 heterocycles. The number of ether oxygens (including phenoxy) is 1. The summed E-state index contributed by atoms with van der Waals surface area (Å²) in [7, 11) is 1.77. The standard InChI is InChI=1S/C11H15N5OS/c1-3-5-17-11-15-8(14-10(12-2)16-11)7-9-13-4-6-18-9/h4,6H,3,5,7H2,1-2H3,(H,12,14,15,16). The summed E-state index contributed by atoms with van der Waals surface area (Å²) in [6.07, 6.45) is 3.29. The molecule has 6 nitrogen and oxygen atoms in total. The highest BCUT2D eigenvalue weighted by atomic mass is 32.1. The van der Waals surface area contributed by atoms with E-state index in [-0.39, 0.29) is 0 Å². The molecule has 0 amide bonds. The lowest BCUT2D eigenvalue weighted by atomic mass is 10.4. The van der Waals surface area contributed by atoms with Crippen molar-refractivity contribution in [2.75, 3.05) is 19.0 Å². The Bertz CT molecular complexity index is 488. The molecule has 0 aromatic carbocycles. The van der Waals surface area contributed by atoms with Crippen LogP contribution in [0.3, 0.4) is 0 Å². The van der Waals surface area contributed by atoms with Gasteiger partial charge in [0, 0.05) is 18.6 Å². The predicted molar refractivity (Wildman–Crippen MR) is 70.1 cm³/mol. The van der Waals surface area contributed by atoms with E-state index in [1.54, 1.807) is 24.6 Å². The minimum absolute atomic E-state index is 0.364. The molecule has 0 radical (unpaired) electrons. The van der Waals surface area contributed by atoms with Crippen molar-refractivity contribution in [1.82, 2.24) is 19.9 Å². The second-order valence-corrected chi connectivity index (χ2v) is 4.54. The molecule has 0 atom stereocenters. The van der Waals surface area contributed by atoms with E-state index < -0.39 is 0 Å². The van der Waals surface area contributed by atoms with Gasteiger partial charge in [0.05, 0.1) is 13.0 Å². The Kier molecular flexibility index (Phi) is 4.40. The molecule has 1 N–H and O–H groups in total. The fraction of sp³-hybridized carbons (Fsp3) is 0.455. The van der Waals surface area contributed by atoms with Crippen LogP contribution in [0, 0.1) is 0 Å². The minimum Gasteiger partial charge on any atom is -0.463 e. The van der Waals surface area contributed by atoms with Crippen LogP contribution in [-0.4, -0.2) is 33.6 Å². The van der Waals surface area contributed by atoms with Crippen molar-refractivity contribution >= 4 is 17.3 Å². The van der Waals surface area contributed by atoms with Gasteiger partial charge in [-0.2, -0.15) is 15.0 Å². The molecule has 2 aromatic rings. The number of aromatic nitrogens is 4. The number of anilines is 1. The Morgan fingerprint density at radius 1 is 1.33 bits per heavy atom. The molecular weight excluding hydrogens is 250 g/mol. The number of nitrogens with zero attached hydrogens (tertiary/aromatic N) is 4. The van der Waals surface area contributed by atoms with E-state index >= 15 is 0 Å². The lowest BCUT2D eigenvalue weighted by Crippen LogP contribution is -2.08. The van der Waals surface area contributed by atoms with Crippen LogP contribution >= 0.6 is 11.3 Å². The monoisotopic (exact) mass is 265 g/mol. The second kappa shape index (κ2) is 6.25. The minimum atomic E-state index is 0.364. The summed E-state index contributed by atoms with van der Waals surface area (Å²) in [5.74, 6) is 1.18. The lowest BCUT2D eigenvalue weighted by molar-refractivity contribution is 0.290. The first-order chi connectivity index (χ1) is 8.81. The van der Waals surface area contributed by atoms with E-state index in [0.29, 0.717) is 30.8 Å². The number of thiazole rings is 1. The number of rotatable bonds is 6. The summed E-state index contributed by atoms with van der Waals surface area (Å²) in [4.78, 5) is 16.9. The van der Waals surface area contributed by atoms with Crippen molar-refractivity contribution in [3.63, 3.8) is 0 Å². The third-order valence-electron chi connectivity index (χ3n) is 2.11. The zero-order valence-corrected chi connectivity index (χ0v) is 11.2. The van der Waals surface area contributed by atoms with E-state index in [9.17, 15) is 0 Å². The van der Waals surface area contributed by atoms with Crippen LogP contribution in [0.4, 0.5) is 5.95 Å². The van der Waals surface area contributed by atoms with Gasteiger partial charge in [-0.05, 0) is 6.42 Å². The molecule has 0 saturated heterocycles. The maximum Gasteiger partial charge on any atom is 0.321 e. The molecule has 0 unspecified atom stereocenters. The first kappa shape index (κ1) is 12.7. The summed E-state index contributed by atoms with van der Waals surface area (Å²) in [5.41, 5.74) is 0. The average molecular weight is 265 g/mol. The van der Waals surface area contributed by atoms with Gasteiger partial charge in [-0.25, -0.2) is 4.98 Å². The maximum absolute atomic E-state index is 5.44. The number of hydrogen-bond acceptors (Lipinski definition) is 7. The molecule has 0 bridgehead atoms. The summed E-state index contributed by atoms with van der Waals surface area (Å²) in [5, 5.41) is 5.82. The lowest BCUT2D eigenvalue weighted by Gasteiger charge is -2.06. The third kappa shape index (κ3) is 3.36. The quantitative estimate of drug-likeness (QED) is 0.857. The van der Waals surface area contributed by atoms with Crippen LogP contribution in [-0.2, 0) is 6.42 Å². The predicted octanol–water partition coefficient (Wildman–Crippen LogP) is 1.75. The Labute approximate surface area is 109 Å². The molecule has 0 aliphatic carbocycles. The van der Waals surface area contributed by atoms with Crippen LogP contribution < -0.4 is 10.1 Å². The Balaban J connectivity index is 2.17. The third-order valence-corrected chi connectivity index (χ3v) is 2.89. The van der Waals surface area contributed by atoms with E-state index in [4.69, 9.17) is 4.74 Å². The molecule has 0 fully saturated rings. The zero-order chi connectivity index (χ0) is 12.8. The highest BCUT2D eigenvalue weighted by Gasteiger charge is 2.08. The van der Waals surface area contributed by atoms with Gasteiger partial charge in [-0.15, -0.1) is 11.3 Å². The zero-order valence-electron chi connectivity index (χ0n) is 10.4. The van der Waals surface area contributed by atoms with Crippen molar-refractivity contribution < 1.29 is 4.74 Å². The fourth-order valence-corrected chi connectivity index (χ4v) is 1.94. The van der Waals surface area contributed by atoms with Crippen LogP contribution in [0.1, 0.15) is 24.2 Å². The van der Waals surface area contributed by atoms with Crippen LogP contribution in [0.5, 0.6) is 6.01 Å². The molecular formula is C11H15N5OS. The van der Waals surface area contributed by atoms with Gasteiger partial charge < -0.3 is 10.1 Å². The summed E-state index contributed by atoms with van der Waals surface area (Å²) < 4.78 is 5.44. The van der Waals surface area contributed by atoms with Gasteiger partial charge in [0.15, 0.2) is 0 Å². The second-order valence-electron chi connectivity index (χ2n) is 3.56. The maximum atomic E-state index is 5.44. The summed E-state index contributed by atoms with van der Waals surface area (Å²) >= 11 is 1.58. The summed E-state index contributed by atoms with van der Waals surface area (Å²) in [6.45, 7) is 2.64. The van der Waals surface area contributed by atoms with Crippen LogP contribution in [0.2, 0.25) is 0 Å². The van der Waals surface area contributed by atoms with Gasteiger partial charge in [0.2, 0.25) is 5.95 Å². The largest absolute Gasteiger partial charge is 0.463 e. The van der Waals surface area contributed by atoms with Gasteiger partial charge in [0.1, 0.15) is 10.8 Å². The van der Waals surface area contributed by atoms with E-state index in [2.05, 4.69) is 25.3 Å². The van der Waals surface area contributed by atoms with Crippen molar-refractivity contribution in [2.45, 2.75) is 19.8 Å². The van der Waals surface area contributed by atoms with Gasteiger partial charge in [0.25, 0.3) is 0 Å². The molecule has 96 valence electrons. The molecule has 0 saturated carbocycles. The summed E-state index contributed by atoms with van der Waals surface area (Å²) in [6, 6.07) is 0.364. The topological polar surface area (TPSA) is 72.8 Å². The average Bonchev–Trinajstić information content (AvgIpc) is 2.89. The number of nitrogens with one attached hydrogen (secondary N) is 1. The van der Waals surface area contributed by atoms with Crippen molar-refractivity contribution in [2.24, 2.45) is 0 Å². The van der Waals surface area contributed by atoms with E-state index in [1.807, 2.05) is 12.3 Å². The van der Waals surface area contributed by atoms with Crippen LogP contribution in [0.25, 0.3) is 0 Å². The molecule has 18 heavy (non-hydrogen) atoms. The molecule has 2 rings (SSSR count). The van der Waals surface area contributed by atoms with Gasteiger partial charge in [-0.3, -0.25) is 0 Å². The normalized spacial score (nSPS) is 10.3. The van der Waals surface area contributed by atoms with Gasteiger partial charge in [-0.1, -0.05) is 6.92 Å². The highest BCUT2D eigenvalue weighted by molar-refractivity contribution is 7.09. The fourth-order valence-electron chi connectivity index (χ4n) is 1.32. The van der Waals surface area contributed by atoms with Crippen molar-refractivity contribution in [1.29, 1.82) is 0 Å². The highest BCUT2D eigenvalue weighted by Crippen LogP contribution is 2.13. The van der Waals surface area contributed by atoms with Crippen LogP contribution in [0.15, 0.2) is 11.6 Å². The van der Waals surface area contributed by atoms with Crippen molar-refractivity contribution in [3.8, 4) is 6.01 Å². The Hall–Kier alpha value is -1.76. The molecule has 0 aliphatic heterocycles. The first-order valence-corrected chi connectivity index (χ1v) is 6.63. The molecule has 0 aliphatic rings. The van der Waals surface area contributed by atoms with Crippen molar-refractivity contribution in [3.05, 3.63) is 22.4 Å². The smallest absolute Gasteiger partial charge is 0.321 e. The van der Waals surface area contributed by atoms with E-state index in [0.717, 1.165) is 11.4 Å². The molecule has 0 spiro atoms. The SMILES string of the molecule is CCCOc1nc(Cc2nccs2)nc(NC)n1. The Morgan fingerprint density at radius 3 is 2.89 bits per heavy atom. The van der Waals surface area contributed by atoms with Gasteiger partial charge >= 0.3 is 6.01 Å². The first-order valence-electron chi connectivity index (χ1n) is 5.75.